The van der Waals surface area contributed by atoms with E-state index < -0.39 is 43.6 Å². The number of nitrogens with two attached hydrogens (primary N) is 1. The molecule has 8 nitrogen and oxygen atoms in total. The highest BCUT2D eigenvalue weighted by molar-refractivity contribution is 7.86. The molecule has 106 valence electrons. The van der Waals surface area contributed by atoms with Gasteiger partial charge in [0.25, 0.3) is 20.2 Å². The smallest absolute Gasteiger partial charge is 0.266 e. The fourth-order valence-corrected chi connectivity index (χ4v) is 2.27. The zero-order valence-electron chi connectivity index (χ0n) is 9.44. The van der Waals surface area contributed by atoms with Crippen LogP contribution in [0.1, 0.15) is 12.8 Å². The molecule has 0 saturated carbocycles. The van der Waals surface area contributed by atoms with Crippen molar-refractivity contribution in [2.75, 3.05) is 11.5 Å². The molecule has 0 heterocycles. The Hall–Kier alpha value is -0.810. The Morgan fingerprint density at radius 2 is 1.67 bits per heavy atom. The first kappa shape index (κ1) is 17.2. The summed E-state index contributed by atoms with van der Waals surface area (Å²) in [5.74, 6) is -2.24. The molecule has 0 aromatic rings. The van der Waals surface area contributed by atoms with Crippen LogP contribution in [0.5, 0.6) is 0 Å². The second-order valence-corrected chi connectivity index (χ2v) is 6.78. The molecule has 1 atom stereocenters. The van der Waals surface area contributed by atoms with Crippen molar-refractivity contribution in [3.05, 3.63) is 12.2 Å². The van der Waals surface area contributed by atoms with E-state index in [1.54, 1.807) is 0 Å². The van der Waals surface area contributed by atoms with E-state index in [0.717, 1.165) is 0 Å². The van der Waals surface area contributed by atoms with Crippen LogP contribution in [0.2, 0.25) is 0 Å². The average Bonchev–Trinajstić information content (AvgIpc) is 2.11. The normalized spacial score (nSPS) is 14.2. The number of rotatable bonds is 8. The molecule has 0 bridgehead atoms. The van der Waals surface area contributed by atoms with E-state index in [0.29, 0.717) is 0 Å². The van der Waals surface area contributed by atoms with Gasteiger partial charge in [0.1, 0.15) is 0 Å². The summed E-state index contributed by atoms with van der Waals surface area (Å²) < 4.78 is 58.8. The van der Waals surface area contributed by atoms with Crippen molar-refractivity contribution in [1.82, 2.24) is 0 Å². The summed E-state index contributed by atoms with van der Waals surface area (Å²) in [5, 5.41) is 0. The van der Waals surface area contributed by atoms with Crippen molar-refractivity contribution in [3.8, 4) is 0 Å². The second-order valence-electron chi connectivity index (χ2n) is 3.71. The van der Waals surface area contributed by atoms with E-state index in [1.807, 2.05) is 0 Å². The lowest BCUT2D eigenvalue weighted by atomic mass is 10.0. The van der Waals surface area contributed by atoms with Crippen molar-refractivity contribution in [2.24, 2.45) is 5.73 Å². The third kappa shape index (κ3) is 8.31. The van der Waals surface area contributed by atoms with Crippen molar-refractivity contribution < 1.29 is 30.7 Å². The topological polar surface area (TPSA) is 152 Å². The highest BCUT2D eigenvalue weighted by Crippen LogP contribution is 2.08. The first-order chi connectivity index (χ1) is 7.92. The largest absolute Gasteiger partial charge is 0.320 e. The Kier molecular flexibility index (Phi) is 6.10. The molecule has 0 spiro atoms. The molecule has 0 radical (unpaired) electrons. The molecular weight excluding hydrogens is 286 g/mol. The molecule has 10 heteroatoms. The maximum Gasteiger partial charge on any atom is 0.266 e. The Morgan fingerprint density at radius 3 is 2.06 bits per heavy atom. The minimum atomic E-state index is -4.37. The number of Topliss-reactive ketones (excluding diaryl/α,β-unsaturated/α-hetero) is 1. The Labute approximate surface area is 105 Å². The number of hydrogen-bond donors (Lipinski definition) is 3. The van der Waals surface area contributed by atoms with Gasteiger partial charge in [0.05, 0.1) is 17.5 Å². The van der Waals surface area contributed by atoms with Gasteiger partial charge < -0.3 is 5.73 Å². The third-order valence-electron chi connectivity index (χ3n) is 1.96. The summed E-state index contributed by atoms with van der Waals surface area (Å²) in [4.78, 5) is 11.5. The molecule has 0 aliphatic rings. The molecule has 0 aliphatic carbocycles. The number of ketones is 1. The molecule has 0 saturated heterocycles. The van der Waals surface area contributed by atoms with Gasteiger partial charge in [-0.25, -0.2) is 0 Å². The van der Waals surface area contributed by atoms with Gasteiger partial charge in [0, 0.05) is 0 Å². The fraction of sp³-hybridized carbons (Fsp3) is 0.625. The maximum atomic E-state index is 11.5. The van der Waals surface area contributed by atoms with E-state index in [2.05, 4.69) is 6.58 Å². The van der Waals surface area contributed by atoms with Gasteiger partial charge in [-0.2, -0.15) is 16.8 Å². The summed E-state index contributed by atoms with van der Waals surface area (Å²) in [6.07, 6.45) is -0.0835. The zero-order chi connectivity index (χ0) is 14.6. The standard InChI is InChI=1S/C8H15NO7S2/c1-6(3-2-4-17(11,12)13)8(10)7(9)5-18(14,15)16/h7H,1-5,9H2,(H,11,12,13)(H,14,15,16). The van der Waals surface area contributed by atoms with Gasteiger partial charge in [-0.05, 0) is 18.4 Å². The lowest BCUT2D eigenvalue weighted by molar-refractivity contribution is -0.116. The first-order valence-electron chi connectivity index (χ1n) is 4.80. The molecule has 4 N–H and O–H groups in total. The van der Waals surface area contributed by atoms with E-state index >= 15 is 0 Å². The van der Waals surface area contributed by atoms with E-state index in [1.165, 1.54) is 0 Å². The molecule has 1 unspecified atom stereocenters. The molecular formula is C8H15NO7S2. The SMILES string of the molecule is C=C(CCCS(=O)(=O)O)C(=O)C(N)CS(=O)(=O)O. The molecule has 0 rings (SSSR count). The monoisotopic (exact) mass is 301 g/mol. The van der Waals surface area contributed by atoms with Crippen LogP contribution in [-0.4, -0.2) is 49.3 Å². The van der Waals surface area contributed by atoms with Crippen LogP contribution in [-0.2, 0) is 25.0 Å². The Balaban J connectivity index is 4.31. The van der Waals surface area contributed by atoms with Gasteiger partial charge in [0.2, 0.25) is 0 Å². The van der Waals surface area contributed by atoms with Crippen LogP contribution in [0.4, 0.5) is 0 Å². The summed E-state index contributed by atoms with van der Waals surface area (Å²) >= 11 is 0. The van der Waals surface area contributed by atoms with Gasteiger partial charge in [-0.15, -0.1) is 0 Å². The summed E-state index contributed by atoms with van der Waals surface area (Å²) in [5.41, 5.74) is 5.18. The predicted molar refractivity (Wildman–Crippen MR) is 64.2 cm³/mol. The van der Waals surface area contributed by atoms with Gasteiger partial charge in [-0.1, -0.05) is 6.58 Å². The van der Waals surface area contributed by atoms with E-state index in [-0.39, 0.29) is 18.4 Å². The van der Waals surface area contributed by atoms with Crippen LogP contribution in [0.3, 0.4) is 0 Å². The number of carbonyl (C=O) groups is 1. The second kappa shape index (κ2) is 6.38. The Bertz CT molecular complexity index is 520. The van der Waals surface area contributed by atoms with Crippen LogP contribution >= 0.6 is 0 Å². The molecule has 0 aromatic heterocycles. The van der Waals surface area contributed by atoms with Crippen LogP contribution < -0.4 is 5.73 Å². The summed E-state index contributed by atoms with van der Waals surface area (Å²) in [7, 11) is -8.48. The number of hydrogen-bond acceptors (Lipinski definition) is 6. The maximum absolute atomic E-state index is 11.5. The van der Waals surface area contributed by atoms with Crippen molar-refractivity contribution in [1.29, 1.82) is 0 Å². The van der Waals surface area contributed by atoms with Crippen molar-refractivity contribution in [3.63, 3.8) is 0 Å². The molecule has 0 aliphatic heterocycles. The summed E-state index contributed by atoms with van der Waals surface area (Å²) in [6.45, 7) is 3.34. The molecule has 0 fully saturated rings. The molecule has 18 heavy (non-hydrogen) atoms. The van der Waals surface area contributed by atoms with Crippen LogP contribution in [0.25, 0.3) is 0 Å². The summed E-state index contributed by atoms with van der Waals surface area (Å²) in [6, 6.07) is -1.45. The lowest BCUT2D eigenvalue weighted by Gasteiger charge is -2.10. The minimum absolute atomic E-state index is 0.0397. The van der Waals surface area contributed by atoms with Gasteiger partial charge in [0.15, 0.2) is 5.78 Å². The predicted octanol–water partition coefficient (Wildman–Crippen LogP) is -1.01. The number of carbonyl (C=O) groups excluding carboxylic acids is 1. The minimum Gasteiger partial charge on any atom is -0.320 e. The Morgan fingerprint density at radius 1 is 1.17 bits per heavy atom. The first-order valence-corrected chi connectivity index (χ1v) is 8.02. The van der Waals surface area contributed by atoms with Crippen LogP contribution in [0.15, 0.2) is 12.2 Å². The van der Waals surface area contributed by atoms with Crippen LogP contribution in [0, 0.1) is 0 Å². The van der Waals surface area contributed by atoms with Crippen molar-refractivity contribution in [2.45, 2.75) is 18.9 Å². The highest BCUT2D eigenvalue weighted by atomic mass is 32.2. The highest BCUT2D eigenvalue weighted by Gasteiger charge is 2.22. The lowest BCUT2D eigenvalue weighted by Crippen LogP contribution is -2.38. The fourth-order valence-electron chi connectivity index (χ4n) is 1.16. The molecule has 0 amide bonds. The third-order valence-corrected chi connectivity index (χ3v) is 3.54. The molecule has 0 aromatic carbocycles. The van der Waals surface area contributed by atoms with E-state index in [4.69, 9.17) is 14.8 Å². The zero-order valence-corrected chi connectivity index (χ0v) is 11.1. The quantitative estimate of drug-likeness (QED) is 0.381. The van der Waals surface area contributed by atoms with E-state index in [9.17, 15) is 21.6 Å². The van der Waals surface area contributed by atoms with Gasteiger partial charge >= 0.3 is 0 Å². The van der Waals surface area contributed by atoms with Crippen molar-refractivity contribution >= 4 is 26.0 Å². The van der Waals surface area contributed by atoms with Gasteiger partial charge in [-0.3, -0.25) is 13.9 Å². The average molecular weight is 301 g/mol.